The molecule has 2 aromatic rings. The third-order valence-corrected chi connectivity index (χ3v) is 4.80. The van der Waals surface area contributed by atoms with E-state index in [2.05, 4.69) is 10.3 Å². The third-order valence-electron chi connectivity index (χ3n) is 4.06. The summed E-state index contributed by atoms with van der Waals surface area (Å²) in [5.74, 6) is -0.475. The van der Waals surface area contributed by atoms with Gasteiger partial charge in [-0.2, -0.15) is 0 Å². The van der Waals surface area contributed by atoms with Crippen LogP contribution < -0.4 is 5.32 Å². The molecule has 1 aliphatic heterocycles. The second-order valence-electron chi connectivity index (χ2n) is 5.87. The lowest BCUT2D eigenvalue weighted by Crippen LogP contribution is -2.35. The van der Waals surface area contributed by atoms with Crippen molar-refractivity contribution in [2.24, 2.45) is 0 Å². The van der Waals surface area contributed by atoms with Gasteiger partial charge in [0.1, 0.15) is 5.69 Å². The van der Waals surface area contributed by atoms with Crippen LogP contribution in [0.3, 0.4) is 0 Å². The van der Waals surface area contributed by atoms with Crippen LogP contribution in [0.2, 0.25) is 10.0 Å². The summed E-state index contributed by atoms with van der Waals surface area (Å²) in [6.07, 6.45) is 4.65. The lowest BCUT2D eigenvalue weighted by atomic mass is 10.1. The largest absolute Gasteiger partial charge is 0.339 e. The minimum Gasteiger partial charge on any atom is -0.339 e. The van der Waals surface area contributed by atoms with Crippen molar-refractivity contribution in [3.8, 4) is 0 Å². The van der Waals surface area contributed by atoms with Crippen LogP contribution in [0, 0.1) is 0 Å². The molecule has 25 heavy (non-hydrogen) atoms. The number of carbonyl (C=O) groups is 2. The van der Waals surface area contributed by atoms with Gasteiger partial charge in [-0.3, -0.25) is 14.6 Å². The molecule has 0 atom stereocenters. The molecule has 1 aromatic heterocycles. The van der Waals surface area contributed by atoms with E-state index in [-0.39, 0.29) is 11.6 Å². The highest BCUT2D eigenvalue weighted by Crippen LogP contribution is 2.25. The van der Waals surface area contributed by atoms with Gasteiger partial charge in [0, 0.05) is 30.5 Å². The Labute approximate surface area is 155 Å². The number of hydrogen-bond donors (Lipinski definition) is 1. The van der Waals surface area contributed by atoms with Crippen LogP contribution in [-0.4, -0.2) is 34.8 Å². The molecule has 0 radical (unpaired) electrons. The molecule has 1 aliphatic rings. The van der Waals surface area contributed by atoms with Crippen molar-refractivity contribution in [2.45, 2.75) is 19.3 Å². The van der Waals surface area contributed by atoms with Crippen molar-refractivity contribution < 1.29 is 9.59 Å². The highest BCUT2D eigenvalue weighted by atomic mass is 35.5. The Hall–Kier alpha value is -2.11. The highest BCUT2D eigenvalue weighted by molar-refractivity contribution is 6.42. The number of rotatable bonds is 3. The zero-order valence-corrected chi connectivity index (χ0v) is 15.0. The number of halogens is 2. The summed E-state index contributed by atoms with van der Waals surface area (Å²) in [7, 11) is 0. The van der Waals surface area contributed by atoms with Gasteiger partial charge < -0.3 is 10.2 Å². The first kappa shape index (κ1) is 17.7. The number of benzene rings is 1. The Morgan fingerprint density at radius 1 is 1.00 bits per heavy atom. The minimum atomic E-state index is -0.410. The van der Waals surface area contributed by atoms with Crippen molar-refractivity contribution in [1.29, 1.82) is 0 Å². The summed E-state index contributed by atoms with van der Waals surface area (Å²) in [4.78, 5) is 30.8. The second-order valence-corrected chi connectivity index (χ2v) is 6.68. The SMILES string of the molecule is O=C(Nc1ccc(Cl)c(Cl)c1)c1cc(C(=O)N2CCCCC2)ccn1. The van der Waals surface area contributed by atoms with Crippen LogP contribution in [0.1, 0.15) is 40.1 Å². The van der Waals surface area contributed by atoms with Crippen LogP contribution in [0.4, 0.5) is 5.69 Å². The molecular formula is C18H17Cl2N3O2. The molecule has 0 aliphatic carbocycles. The maximum atomic E-state index is 12.5. The van der Waals surface area contributed by atoms with E-state index in [4.69, 9.17) is 23.2 Å². The highest BCUT2D eigenvalue weighted by Gasteiger charge is 2.19. The molecule has 1 aromatic carbocycles. The molecule has 1 fully saturated rings. The fourth-order valence-electron chi connectivity index (χ4n) is 2.74. The standard InChI is InChI=1S/C18H17Cl2N3O2/c19-14-5-4-13(11-15(14)20)22-17(24)16-10-12(6-7-21-16)18(25)23-8-2-1-3-9-23/h4-7,10-11H,1-3,8-9H2,(H,22,24). The van der Waals surface area contributed by atoms with Gasteiger partial charge >= 0.3 is 0 Å². The molecule has 0 saturated carbocycles. The number of amides is 2. The van der Waals surface area contributed by atoms with Gasteiger partial charge in [-0.05, 0) is 49.6 Å². The molecule has 1 N–H and O–H groups in total. The van der Waals surface area contributed by atoms with Gasteiger partial charge in [0.05, 0.1) is 10.0 Å². The molecular weight excluding hydrogens is 361 g/mol. The van der Waals surface area contributed by atoms with E-state index in [1.807, 2.05) is 4.90 Å². The second kappa shape index (κ2) is 7.85. The Bertz CT molecular complexity index is 805. The summed E-state index contributed by atoms with van der Waals surface area (Å²) in [6.45, 7) is 1.51. The number of anilines is 1. The Morgan fingerprint density at radius 3 is 2.48 bits per heavy atom. The number of likely N-dealkylation sites (tertiary alicyclic amines) is 1. The summed E-state index contributed by atoms with van der Waals surface area (Å²) in [5, 5.41) is 3.46. The number of hydrogen-bond acceptors (Lipinski definition) is 3. The van der Waals surface area contributed by atoms with Crippen LogP contribution in [0.5, 0.6) is 0 Å². The number of pyridine rings is 1. The smallest absolute Gasteiger partial charge is 0.274 e. The lowest BCUT2D eigenvalue weighted by molar-refractivity contribution is 0.0724. The molecule has 3 rings (SSSR count). The van der Waals surface area contributed by atoms with Crippen LogP contribution in [0.25, 0.3) is 0 Å². The molecule has 1 saturated heterocycles. The number of carbonyl (C=O) groups excluding carboxylic acids is 2. The van der Waals surface area contributed by atoms with E-state index in [9.17, 15) is 9.59 Å². The Morgan fingerprint density at radius 2 is 1.76 bits per heavy atom. The summed E-state index contributed by atoms with van der Waals surface area (Å²) in [5.41, 5.74) is 1.15. The van der Waals surface area contributed by atoms with Crippen molar-refractivity contribution in [3.05, 3.63) is 57.8 Å². The van der Waals surface area contributed by atoms with Gasteiger partial charge in [0.2, 0.25) is 0 Å². The van der Waals surface area contributed by atoms with Crippen molar-refractivity contribution in [3.63, 3.8) is 0 Å². The molecule has 2 heterocycles. The van der Waals surface area contributed by atoms with E-state index in [0.29, 0.717) is 21.3 Å². The molecule has 0 unspecified atom stereocenters. The van der Waals surface area contributed by atoms with E-state index in [1.165, 1.54) is 12.3 Å². The molecule has 2 amide bonds. The number of aromatic nitrogens is 1. The first-order chi connectivity index (χ1) is 12.0. The van der Waals surface area contributed by atoms with Gasteiger partial charge in [-0.15, -0.1) is 0 Å². The van der Waals surface area contributed by atoms with E-state index >= 15 is 0 Å². The van der Waals surface area contributed by atoms with E-state index in [0.717, 1.165) is 32.4 Å². The molecule has 0 spiro atoms. The lowest BCUT2D eigenvalue weighted by Gasteiger charge is -2.26. The van der Waals surface area contributed by atoms with Gasteiger partial charge in [0.25, 0.3) is 11.8 Å². The first-order valence-corrected chi connectivity index (χ1v) is 8.82. The normalized spacial score (nSPS) is 14.2. The van der Waals surface area contributed by atoms with E-state index in [1.54, 1.807) is 24.3 Å². The number of nitrogens with zero attached hydrogens (tertiary/aromatic N) is 2. The minimum absolute atomic E-state index is 0.0642. The zero-order chi connectivity index (χ0) is 17.8. The quantitative estimate of drug-likeness (QED) is 0.868. The van der Waals surface area contributed by atoms with Crippen LogP contribution in [0.15, 0.2) is 36.5 Å². The van der Waals surface area contributed by atoms with Crippen LogP contribution in [-0.2, 0) is 0 Å². The summed E-state index contributed by atoms with van der Waals surface area (Å²) < 4.78 is 0. The monoisotopic (exact) mass is 377 g/mol. The predicted molar refractivity (Wildman–Crippen MR) is 98.4 cm³/mol. The topological polar surface area (TPSA) is 62.3 Å². The molecule has 0 bridgehead atoms. The van der Waals surface area contributed by atoms with Gasteiger partial charge in [0.15, 0.2) is 0 Å². The zero-order valence-electron chi connectivity index (χ0n) is 13.5. The molecule has 7 heteroatoms. The average Bonchev–Trinajstić information content (AvgIpc) is 2.65. The Balaban J connectivity index is 1.74. The van der Waals surface area contributed by atoms with E-state index < -0.39 is 5.91 Å². The van der Waals surface area contributed by atoms with Crippen LogP contribution >= 0.6 is 23.2 Å². The predicted octanol–water partition coefficient (Wildman–Crippen LogP) is 4.27. The van der Waals surface area contributed by atoms with Crippen molar-refractivity contribution in [2.75, 3.05) is 18.4 Å². The fourth-order valence-corrected chi connectivity index (χ4v) is 3.03. The maximum absolute atomic E-state index is 12.5. The average molecular weight is 378 g/mol. The summed E-state index contributed by atoms with van der Waals surface area (Å²) >= 11 is 11.8. The van der Waals surface area contributed by atoms with Crippen molar-refractivity contribution in [1.82, 2.24) is 9.88 Å². The number of piperidine rings is 1. The van der Waals surface area contributed by atoms with Gasteiger partial charge in [-0.1, -0.05) is 23.2 Å². The third kappa shape index (κ3) is 4.30. The molecule has 5 nitrogen and oxygen atoms in total. The Kier molecular flexibility index (Phi) is 5.56. The fraction of sp³-hybridized carbons (Fsp3) is 0.278. The summed E-state index contributed by atoms with van der Waals surface area (Å²) in [6, 6.07) is 7.96. The first-order valence-electron chi connectivity index (χ1n) is 8.06. The van der Waals surface area contributed by atoms with Crippen molar-refractivity contribution >= 4 is 40.7 Å². The number of nitrogens with one attached hydrogen (secondary N) is 1. The maximum Gasteiger partial charge on any atom is 0.274 e. The molecule has 130 valence electrons. The van der Waals surface area contributed by atoms with Gasteiger partial charge in [-0.25, -0.2) is 0 Å².